The zero-order valence-corrected chi connectivity index (χ0v) is 15.5. The minimum absolute atomic E-state index is 0.0839. The molecule has 0 radical (unpaired) electrons. The topological polar surface area (TPSA) is 57.5 Å². The van der Waals surface area contributed by atoms with Gasteiger partial charge in [-0.25, -0.2) is 0 Å². The first kappa shape index (κ1) is 16.0. The molecule has 3 fully saturated rings. The molecule has 2 aliphatic carbocycles. The van der Waals surface area contributed by atoms with Crippen molar-refractivity contribution in [2.75, 3.05) is 13.3 Å². The Kier molecular flexibility index (Phi) is 3.86. The third kappa shape index (κ3) is 2.63. The van der Waals surface area contributed by atoms with Gasteiger partial charge >= 0.3 is 5.97 Å². The molecule has 3 aliphatic rings. The molecule has 3 rings (SSSR count). The summed E-state index contributed by atoms with van der Waals surface area (Å²) in [6, 6.07) is 0.238. The van der Waals surface area contributed by atoms with Crippen LogP contribution in [0.15, 0.2) is 0 Å². The van der Waals surface area contributed by atoms with Gasteiger partial charge < -0.3 is 14.8 Å². The van der Waals surface area contributed by atoms with Gasteiger partial charge in [-0.3, -0.25) is 4.79 Å². The molecule has 0 aromatic heterocycles. The zero-order valence-electron chi connectivity index (χ0n) is 13.4. The SMILES string of the molecule is CC12CCC(C1)C(C)(C)C2OCOC(=O)C(C)(I)C1CN1. The monoisotopic (exact) mass is 407 g/mol. The van der Waals surface area contributed by atoms with Crippen LogP contribution < -0.4 is 5.32 Å². The van der Waals surface area contributed by atoms with Gasteiger partial charge in [-0.1, -0.05) is 43.4 Å². The Labute approximate surface area is 140 Å². The number of carbonyl (C=O) groups is 1. The first-order valence-corrected chi connectivity index (χ1v) is 8.97. The fourth-order valence-electron chi connectivity index (χ4n) is 4.55. The zero-order chi connectivity index (χ0) is 15.5. The van der Waals surface area contributed by atoms with Crippen LogP contribution in [0, 0.1) is 16.7 Å². The Morgan fingerprint density at radius 1 is 1.43 bits per heavy atom. The summed E-state index contributed by atoms with van der Waals surface area (Å²) in [6.45, 7) is 9.82. The Hall–Kier alpha value is 0.120. The van der Waals surface area contributed by atoms with Crippen molar-refractivity contribution in [3.63, 3.8) is 0 Å². The number of rotatable bonds is 5. The number of hydrogen-bond acceptors (Lipinski definition) is 4. The average molecular weight is 407 g/mol. The van der Waals surface area contributed by atoms with E-state index in [0.29, 0.717) is 0 Å². The molecule has 1 N–H and O–H groups in total. The molecule has 0 amide bonds. The van der Waals surface area contributed by atoms with E-state index in [-0.39, 0.29) is 35.7 Å². The maximum Gasteiger partial charge on any atom is 0.325 e. The second kappa shape index (κ2) is 5.06. The highest BCUT2D eigenvalue weighted by atomic mass is 127. The first-order chi connectivity index (χ1) is 9.68. The molecule has 0 aromatic carbocycles. The van der Waals surface area contributed by atoms with Gasteiger partial charge in [0.2, 0.25) is 0 Å². The van der Waals surface area contributed by atoms with Gasteiger partial charge in [0.1, 0.15) is 3.42 Å². The summed E-state index contributed by atoms with van der Waals surface area (Å²) in [7, 11) is 0. The summed E-state index contributed by atoms with van der Waals surface area (Å²) < 4.78 is 11.0. The quantitative estimate of drug-likeness (QED) is 0.250. The normalized spacial score (nSPS) is 42.6. The third-order valence-corrected chi connectivity index (χ3v) is 7.22. The number of fused-ring (bicyclic) bond motifs is 2. The van der Waals surface area contributed by atoms with Crippen molar-refractivity contribution in [3.05, 3.63) is 0 Å². The molecule has 120 valence electrons. The predicted molar refractivity (Wildman–Crippen MR) is 89.3 cm³/mol. The van der Waals surface area contributed by atoms with Gasteiger partial charge in [0.25, 0.3) is 0 Å². The molecular formula is C16H26INO3. The van der Waals surface area contributed by atoms with E-state index in [9.17, 15) is 4.79 Å². The van der Waals surface area contributed by atoms with E-state index in [1.54, 1.807) is 0 Å². The molecule has 4 nitrogen and oxygen atoms in total. The Morgan fingerprint density at radius 3 is 2.62 bits per heavy atom. The maximum atomic E-state index is 12.2. The lowest BCUT2D eigenvalue weighted by Gasteiger charge is -2.42. The number of hydrogen-bond donors (Lipinski definition) is 1. The van der Waals surface area contributed by atoms with Crippen molar-refractivity contribution in [2.24, 2.45) is 16.7 Å². The molecule has 1 aliphatic heterocycles. The highest BCUT2D eigenvalue weighted by Gasteiger charge is 2.60. The second-order valence-corrected chi connectivity index (χ2v) is 10.3. The number of esters is 1. The van der Waals surface area contributed by atoms with E-state index < -0.39 is 3.42 Å². The van der Waals surface area contributed by atoms with Crippen molar-refractivity contribution in [3.8, 4) is 0 Å². The summed E-state index contributed by atoms with van der Waals surface area (Å²) in [6.07, 6.45) is 3.98. The van der Waals surface area contributed by atoms with Crippen LogP contribution in [0.4, 0.5) is 0 Å². The molecule has 0 spiro atoms. The van der Waals surface area contributed by atoms with Crippen LogP contribution in [0.3, 0.4) is 0 Å². The van der Waals surface area contributed by atoms with E-state index in [1.807, 2.05) is 6.92 Å². The van der Waals surface area contributed by atoms with Crippen molar-refractivity contribution in [1.29, 1.82) is 0 Å². The molecule has 2 bridgehead atoms. The van der Waals surface area contributed by atoms with Gasteiger partial charge in [0.15, 0.2) is 6.79 Å². The highest BCUT2D eigenvalue weighted by Crippen LogP contribution is 2.63. The lowest BCUT2D eigenvalue weighted by Crippen LogP contribution is -2.44. The number of carbonyl (C=O) groups excluding carboxylic acids is 1. The van der Waals surface area contributed by atoms with Crippen molar-refractivity contribution in [2.45, 2.75) is 62.5 Å². The fourth-order valence-corrected chi connectivity index (χ4v) is 5.15. The summed E-state index contributed by atoms with van der Waals surface area (Å²) in [5.74, 6) is 0.568. The van der Waals surface area contributed by atoms with E-state index in [0.717, 1.165) is 12.5 Å². The van der Waals surface area contributed by atoms with Gasteiger partial charge in [-0.15, -0.1) is 0 Å². The minimum Gasteiger partial charge on any atom is -0.437 e. The maximum absolute atomic E-state index is 12.2. The van der Waals surface area contributed by atoms with E-state index in [1.165, 1.54) is 19.3 Å². The lowest BCUT2D eigenvalue weighted by molar-refractivity contribution is -0.180. The van der Waals surface area contributed by atoms with Crippen molar-refractivity contribution < 1.29 is 14.3 Å². The molecule has 5 atom stereocenters. The highest BCUT2D eigenvalue weighted by molar-refractivity contribution is 14.1. The van der Waals surface area contributed by atoms with Gasteiger partial charge in [-0.05, 0) is 42.9 Å². The van der Waals surface area contributed by atoms with Crippen molar-refractivity contribution >= 4 is 28.6 Å². The Bertz CT molecular complexity index is 442. The Morgan fingerprint density at radius 2 is 2.10 bits per heavy atom. The van der Waals surface area contributed by atoms with E-state index in [4.69, 9.17) is 9.47 Å². The third-order valence-electron chi connectivity index (χ3n) is 6.02. The smallest absolute Gasteiger partial charge is 0.325 e. The van der Waals surface area contributed by atoms with E-state index >= 15 is 0 Å². The number of nitrogens with one attached hydrogen (secondary N) is 1. The van der Waals surface area contributed by atoms with Gasteiger partial charge in [-0.2, -0.15) is 0 Å². The summed E-state index contributed by atoms with van der Waals surface area (Å²) in [5.41, 5.74) is 0.442. The van der Waals surface area contributed by atoms with Crippen LogP contribution in [0.2, 0.25) is 0 Å². The average Bonchev–Trinajstić information content (AvgIpc) is 3.14. The van der Waals surface area contributed by atoms with Crippen LogP contribution in [-0.4, -0.2) is 34.9 Å². The van der Waals surface area contributed by atoms with Crippen molar-refractivity contribution in [1.82, 2.24) is 5.32 Å². The van der Waals surface area contributed by atoms with Gasteiger partial charge in [0.05, 0.1) is 6.10 Å². The largest absolute Gasteiger partial charge is 0.437 e. The predicted octanol–water partition coefficient (Wildman–Crippen LogP) is 2.88. The van der Waals surface area contributed by atoms with Crippen LogP contribution in [0.25, 0.3) is 0 Å². The molecule has 2 saturated carbocycles. The number of halogens is 1. The van der Waals surface area contributed by atoms with Gasteiger partial charge in [0, 0.05) is 12.6 Å². The first-order valence-electron chi connectivity index (χ1n) is 7.89. The van der Waals surface area contributed by atoms with Crippen LogP contribution in [-0.2, 0) is 14.3 Å². The standard InChI is InChI=1S/C16H26INO3/c1-14(2)10-5-6-15(3,7-10)12(14)20-9-21-13(19)16(4,17)11-8-18-11/h10-12,18H,5-9H2,1-4H3. The summed E-state index contributed by atoms with van der Waals surface area (Å²) >= 11 is 2.18. The molecule has 0 aromatic rings. The lowest BCUT2D eigenvalue weighted by atomic mass is 9.70. The molecular weight excluding hydrogens is 381 g/mol. The molecule has 5 heteroatoms. The summed E-state index contributed by atoms with van der Waals surface area (Å²) in [4.78, 5) is 12.2. The Balaban J connectivity index is 1.55. The summed E-state index contributed by atoms with van der Waals surface area (Å²) in [5, 5.41) is 3.18. The number of alkyl halides is 1. The second-order valence-electron chi connectivity index (χ2n) is 8.05. The molecule has 5 unspecified atom stereocenters. The molecule has 1 heterocycles. The molecule has 1 saturated heterocycles. The van der Waals surface area contributed by atoms with Crippen LogP contribution >= 0.6 is 22.6 Å². The van der Waals surface area contributed by atoms with Crippen LogP contribution in [0.5, 0.6) is 0 Å². The number of ether oxygens (including phenoxy) is 2. The van der Waals surface area contributed by atoms with E-state index in [2.05, 4.69) is 48.7 Å². The van der Waals surface area contributed by atoms with Crippen LogP contribution in [0.1, 0.15) is 47.0 Å². The minimum atomic E-state index is -0.491. The molecule has 21 heavy (non-hydrogen) atoms. The fraction of sp³-hybridized carbons (Fsp3) is 0.938.